The second-order valence-corrected chi connectivity index (χ2v) is 3.67. The van der Waals surface area contributed by atoms with Gasteiger partial charge in [0.15, 0.2) is 0 Å². The second kappa shape index (κ2) is 5.39. The van der Waals surface area contributed by atoms with E-state index in [-0.39, 0.29) is 12.4 Å². The average molecular weight is 253 g/mol. The smallest absolute Gasteiger partial charge is 0.359 e. The van der Waals surface area contributed by atoms with E-state index in [1.807, 2.05) is 0 Å². The van der Waals surface area contributed by atoms with Crippen molar-refractivity contribution in [2.24, 2.45) is 0 Å². The van der Waals surface area contributed by atoms with Crippen LogP contribution in [0.4, 0.5) is 19.0 Å². The lowest BCUT2D eigenvalue weighted by Gasteiger charge is -2.19. The Hall–Kier alpha value is -0.970. The van der Waals surface area contributed by atoms with Gasteiger partial charge in [-0.05, 0) is 12.1 Å². The predicted molar refractivity (Wildman–Crippen MR) is 57.7 cm³/mol. The van der Waals surface area contributed by atoms with Crippen molar-refractivity contribution in [3.63, 3.8) is 0 Å². The summed E-state index contributed by atoms with van der Waals surface area (Å²) in [6.45, 7) is -0.109. The normalized spacial score (nSPS) is 11.6. The van der Waals surface area contributed by atoms with Gasteiger partial charge in [0, 0.05) is 13.6 Å². The Morgan fingerprint density at radius 1 is 1.38 bits per heavy atom. The molecule has 0 aromatic carbocycles. The highest BCUT2D eigenvalue weighted by molar-refractivity contribution is 6.16. The number of hydrogen-bond acceptors (Lipinski definition) is 2. The number of alkyl halides is 4. The first-order valence-electron chi connectivity index (χ1n) is 4.72. The molecule has 90 valence electrons. The number of anilines is 1. The minimum absolute atomic E-state index is 0.109. The first kappa shape index (κ1) is 13.1. The Kier molecular flexibility index (Phi) is 4.41. The fourth-order valence-corrected chi connectivity index (χ4v) is 1.31. The van der Waals surface area contributed by atoms with Gasteiger partial charge in [0.2, 0.25) is 0 Å². The maximum atomic E-state index is 12.0. The summed E-state index contributed by atoms with van der Waals surface area (Å²) in [4.78, 5) is 5.58. The standard InChI is InChI=1S/C10H12ClF3N2/c1-16(6-5-10(12,13)14)9-4-2-3-8(7-11)15-9/h2-4H,5-7H2,1H3. The largest absolute Gasteiger partial charge is 0.390 e. The first-order chi connectivity index (χ1) is 7.42. The SMILES string of the molecule is CN(CCC(F)(F)F)c1cccc(CCl)n1. The third-order valence-corrected chi connectivity index (χ3v) is 2.32. The van der Waals surface area contributed by atoms with E-state index in [0.717, 1.165) is 0 Å². The van der Waals surface area contributed by atoms with Crippen LogP contribution in [-0.2, 0) is 5.88 Å². The molecule has 0 aliphatic rings. The van der Waals surface area contributed by atoms with E-state index in [0.29, 0.717) is 11.5 Å². The lowest BCUT2D eigenvalue weighted by Crippen LogP contribution is -2.24. The van der Waals surface area contributed by atoms with Gasteiger partial charge in [-0.1, -0.05) is 6.07 Å². The molecule has 0 fully saturated rings. The number of rotatable bonds is 4. The van der Waals surface area contributed by atoms with Crippen molar-refractivity contribution in [1.82, 2.24) is 4.98 Å². The zero-order valence-electron chi connectivity index (χ0n) is 8.76. The Balaban J connectivity index is 2.62. The van der Waals surface area contributed by atoms with E-state index in [2.05, 4.69) is 4.98 Å². The Morgan fingerprint density at radius 3 is 2.62 bits per heavy atom. The van der Waals surface area contributed by atoms with E-state index in [4.69, 9.17) is 11.6 Å². The Bertz CT molecular complexity index is 341. The molecule has 16 heavy (non-hydrogen) atoms. The van der Waals surface area contributed by atoms with E-state index in [9.17, 15) is 13.2 Å². The summed E-state index contributed by atoms with van der Waals surface area (Å²) < 4.78 is 36.0. The highest BCUT2D eigenvalue weighted by Crippen LogP contribution is 2.21. The molecule has 1 aromatic heterocycles. The summed E-state index contributed by atoms with van der Waals surface area (Å²) in [7, 11) is 1.58. The molecule has 1 aromatic rings. The van der Waals surface area contributed by atoms with Crippen LogP contribution in [0.25, 0.3) is 0 Å². The Labute approximate surface area is 97.0 Å². The molecule has 0 spiro atoms. The molecule has 0 bridgehead atoms. The van der Waals surface area contributed by atoms with E-state index >= 15 is 0 Å². The molecule has 0 radical (unpaired) electrons. The van der Waals surface area contributed by atoms with Crippen molar-refractivity contribution in [3.05, 3.63) is 23.9 Å². The average Bonchev–Trinajstić information content (AvgIpc) is 2.25. The zero-order valence-corrected chi connectivity index (χ0v) is 9.52. The number of halogens is 4. The predicted octanol–water partition coefficient (Wildman–Crippen LogP) is 3.21. The summed E-state index contributed by atoms with van der Waals surface area (Å²) in [6.07, 6.45) is -4.99. The molecular formula is C10H12ClF3N2. The fourth-order valence-electron chi connectivity index (χ4n) is 1.16. The van der Waals surface area contributed by atoms with Gasteiger partial charge in [-0.2, -0.15) is 13.2 Å². The van der Waals surface area contributed by atoms with Crippen molar-refractivity contribution in [1.29, 1.82) is 0 Å². The molecule has 2 nitrogen and oxygen atoms in total. The Morgan fingerprint density at radius 2 is 2.06 bits per heavy atom. The van der Waals surface area contributed by atoms with Crippen LogP contribution in [0.15, 0.2) is 18.2 Å². The highest BCUT2D eigenvalue weighted by atomic mass is 35.5. The quantitative estimate of drug-likeness (QED) is 0.765. The summed E-state index contributed by atoms with van der Waals surface area (Å²) in [5, 5.41) is 0. The van der Waals surface area contributed by atoms with Crippen LogP contribution in [0.2, 0.25) is 0 Å². The van der Waals surface area contributed by atoms with Gasteiger partial charge in [0.25, 0.3) is 0 Å². The van der Waals surface area contributed by atoms with Gasteiger partial charge in [-0.25, -0.2) is 4.98 Å². The molecule has 0 aliphatic carbocycles. The van der Waals surface area contributed by atoms with Gasteiger partial charge in [-0.15, -0.1) is 11.6 Å². The van der Waals surface area contributed by atoms with Gasteiger partial charge >= 0.3 is 6.18 Å². The van der Waals surface area contributed by atoms with Crippen LogP contribution in [0, 0.1) is 0 Å². The fraction of sp³-hybridized carbons (Fsp3) is 0.500. The van der Waals surface area contributed by atoms with E-state index in [1.54, 1.807) is 25.2 Å². The zero-order chi connectivity index (χ0) is 12.2. The summed E-state index contributed by atoms with van der Waals surface area (Å²) in [6, 6.07) is 5.12. The van der Waals surface area contributed by atoms with Crippen LogP contribution in [0.5, 0.6) is 0 Å². The van der Waals surface area contributed by atoms with Crippen LogP contribution in [-0.4, -0.2) is 24.8 Å². The molecule has 6 heteroatoms. The van der Waals surface area contributed by atoms with Gasteiger partial charge in [0.1, 0.15) is 5.82 Å². The third-order valence-electron chi connectivity index (χ3n) is 2.05. The second-order valence-electron chi connectivity index (χ2n) is 3.41. The molecule has 0 amide bonds. The first-order valence-corrected chi connectivity index (χ1v) is 5.25. The van der Waals surface area contributed by atoms with Crippen molar-refractivity contribution in [3.8, 4) is 0 Å². The summed E-state index contributed by atoms with van der Waals surface area (Å²) in [5.74, 6) is 0.753. The van der Waals surface area contributed by atoms with Crippen molar-refractivity contribution in [2.45, 2.75) is 18.5 Å². The molecular weight excluding hydrogens is 241 g/mol. The van der Waals surface area contributed by atoms with Gasteiger partial charge in [-0.3, -0.25) is 0 Å². The van der Waals surface area contributed by atoms with Crippen LogP contribution in [0.1, 0.15) is 12.1 Å². The van der Waals surface area contributed by atoms with Gasteiger partial charge < -0.3 is 4.90 Å². The highest BCUT2D eigenvalue weighted by Gasteiger charge is 2.27. The van der Waals surface area contributed by atoms with Crippen LogP contribution >= 0.6 is 11.6 Å². The topological polar surface area (TPSA) is 16.1 Å². The van der Waals surface area contributed by atoms with Crippen molar-refractivity contribution < 1.29 is 13.2 Å². The van der Waals surface area contributed by atoms with E-state index < -0.39 is 12.6 Å². The van der Waals surface area contributed by atoms with Crippen LogP contribution < -0.4 is 4.90 Å². The summed E-state index contributed by atoms with van der Waals surface area (Å²) in [5.41, 5.74) is 0.651. The summed E-state index contributed by atoms with van der Waals surface area (Å²) >= 11 is 5.59. The molecule has 1 heterocycles. The number of nitrogens with zero attached hydrogens (tertiary/aromatic N) is 2. The van der Waals surface area contributed by atoms with Gasteiger partial charge in [0.05, 0.1) is 18.0 Å². The lowest BCUT2D eigenvalue weighted by atomic mass is 10.3. The number of hydrogen-bond donors (Lipinski definition) is 0. The van der Waals surface area contributed by atoms with Crippen molar-refractivity contribution >= 4 is 17.4 Å². The minimum Gasteiger partial charge on any atom is -0.359 e. The molecule has 0 saturated heterocycles. The molecule has 0 aliphatic heterocycles. The molecule has 1 rings (SSSR count). The van der Waals surface area contributed by atoms with Crippen LogP contribution in [0.3, 0.4) is 0 Å². The minimum atomic E-state index is -4.14. The maximum absolute atomic E-state index is 12.0. The van der Waals surface area contributed by atoms with Crippen molar-refractivity contribution in [2.75, 3.05) is 18.5 Å². The maximum Gasteiger partial charge on any atom is 0.390 e. The third kappa shape index (κ3) is 4.26. The molecule has 0 N–H and O–H groups in total. The number of pyridine rings is 1. The number of aromatic nitrogens is 1. The van der Waals surface area contributed by atoms with E-state index in [1.165, 1.54) is 4.90 Å². The molecule has 0 saturated carbocycles. The molecule has 0 atom stereocenters. The monoisotopic (exact) mass is 252 g/mol. The molecule has 0 unspecified atom stereocenters. The lowest BCUT2D eigenvalue weighted by molar-refractivity contribution is -0.132.